The molecule has 94 valence electrons. The van der Waals surface area contributed by atoms with Gasteiger partial charge in [0.25, 0.3) is 0 Å². The van der Waals surface area contributed by atoms with Gasteiger partial charge in [0.2, 0.25) is 0 Å². The van der Waals surface area contributed by atoms with Crippen LogP contribution in [0.4, 0.5) is 0 Å². The predicted molar refractivity (Wildman–Crippen MR) is 76.6 cm³/mol. The molecule has 2 heteroatoms. The second-order valence-electron chi connectivity index (χ2n) is 5.27. The van der Waals surface area contributed by atoms with E-state index in [1.54, 1.807) is 0 Å². The molecule has 1 saturated carbocycles. The monoisotopic (exact) mass is 295 g/mol. The Morgan fingerprint density at radius 1 is 1.12 bits per heavy atom. The lowest BCUT2D eigenvalue weighted by atomic mass is 9.86. The number of rotatable bonds is 3. The predicted octanol–water partition coefficient (Wildman–Crippen LogP) is 4.92. The van der Waals surface area contributed by atoms with Crippen LogP contribution in [0.3, 0.4) is 0 Å². The van der Waals surface area contributed by atoms with E-state index < -0.39 is 0 Å². The number of nitrogens with zero attached hydrogens (tertiary/aromatic N) is 1. The largest absolute Gasteiger partial charge is 0.265 e. The van der Waals surface area contributed by atoms with Crippen molar-refractivity contribution in [2.75, 3.05) is 0 Å². The Kier molecular flexibility index (Phi) is 5.02. The van der Waals surface area contributed by atoms with E-state index in [0.29, 0.717) is 10.7 Å². The van der Waals surface area contributed by atoms with Crippen molar-refractivity contribution < 1.29 is 0 Å². The lowest BCUT2D eigenvalue weighted by Crippen LogP contribution is -2.20. The molecule has 1 aromatic heterocycles. The maximum absolute atomic E-state index is 4.10. The van der Waals surface area contributed by atoms with Crippen molar-refractivity contribution in [1.82, 2.24) is 4.98 Å². The third-order valence-corrected chi connectivity index (χ3v) is 5.60. The van der Waals surface area contributed by atoms with E-state index >= 15 is 0 Å². The number of pyridine rings is 1. The molecule has 0 radical (unpaired) electrons. The van der Waals surface area contributed by atoms with Gasteiger partial charge in [-0.05, 0) is 42.4 Å². The summed E-state index contributed by atoms with van der Waals surface area (Å²) < 4.78 is 0. The molecule has 2 rings (SSSR count). The Labute approximate surface area is 113 Å². The molecule has 1 fully saturated rings. The van der Waals surface area contributed by atoms with Crippen molar-refractivity contribution >= 4 is 15.9 Å². The van der Waals surface area contributed by atoms with Crippen LogP contribution in [0.5, 0.6) is 0 Å². The first-order valence-electron chi connectivity index (χ1n) is 6.83. The fourth-order valence-electron chi connectivity index (χ4n) is 2.89. The minimum absolute atomic E-state index is 0.584. The van der Waals surface area contributed by atoms with Crippen molar-refractivity contribution in [3.63, 3.8) is 0 Å². The van der Waals surface area contributed by atoms with E-state index in [9.17, 15) is 0 Å². The fourth-order valence-corrected chi connectivity index (χ4v) is 3.72. The summed E-state index contributed by atoms with van der Waals surface area (Å²) in [5.41, 5.74) is 1.41. The summed E-state index contributed by atoms with van der Waals surface area (Å²) in [6.45, 7) is 2.33. The van der Waals surface area contributed by atoms with Crippen molar-refractivity contribution in [1.29, 1.82) is 0 Å². The SMILES string of the molecule is CC(c1ccncc1)C(Br)C1CCCCCC1. The molecule has 0 aromatic carbocycles. The zero-order valence-electron chi connectivity index (χ0n) is 10.6. The molecule has 1 aliphatic rings. The molecule has 0 bridgehead atoms. The molecular weight excluding hydrogens is 274 g/mol. The smallest absolute Gasteiger partial charge is 0.0270 e. The normalized spacial score (nSPS) is 21.8. The molecule has 1 aliphatic carbocycles. The number of alkyl halides is 1. The van der Waals surface area contributed by atoms with E-state index in [2.05, 4.69) is 40.0 Å². The Hall–Kier alpha value is -0.370. The maximum atomic E-state index is 4.10. The number of aromatic nitrogens is 1. The molecule has 0 saturated heterocycles. The minimum atomic E-state index is 0.584. The lowest BCUT2D eigenvalue weighted by molar-refractivity contribution is 0.417. The molecule has 0 aliphatic heterocycles. The molecule has 17 heavy (non-hydrogen) atoms. The van der Waals surface area contributed by atoms with Gasteiger partial charge in [-0.15, -0.1) is 0 Å². The Bertz CT molecular complexity index is 317. The third kappa shape index (κ3) is 3.54. The summed E-state index contributed by atoms with van der Waals surface area (Å²) >= 11 is 3.96. The van der Waals surface area contributed by atoms with Gasteiger partial charge in [-0.3, -0.25) is 4.98 Å². The lowest BCUT2D eigenvalue weighted by Gasteiger charge is -2.26. The zero-order chi connectivity index (χ0) is 12.1. The Morgan fingerprint density at radius 2 is 1.71 bits per heavy atom. The molecule has 1 nitrogen and oxygen atoms in total. The zero-order valence-corrected chi connectivity index (χ0v) is 12.2. The molecule has 0 N–H and O–H groups in total. The van der Waals surface area contributed by atoms with Gasteiger partial charge in [0.05, 0.1) is 0 Å². The molecule has 0 spiro atoms. The highest BCUT2D eigenvalue weighted by atomic mass is 79.9. The summed E-state index contributed by atoms with van der Waals surface area (Å²) in [6.07, 6.45) is 12.3. The second-order valence-corrected chi connectivity index (χ2v) is 6.32. The van der Waals surface area contributed by atoms with Gasteiger partial charge >= 0.3 is 0 Å². The maximum Gasteiger partial charge on any atom is 0.0270 e. The molecule has 0 amide bonds. The van der Waals surface area contributed by atoms with Gasteiger partial charge in [-0.25, -0.2) is 0 Å². The Morgan fingerprint density at radius 3 is 2.29 bits per heavy atom. The van der Waals surface area contributed by atoms with Crippen LogP contribution in [-0.4, -0.2) is 9.81 Å². The highest BCUT2D eigenvalue weighted by molar-refractivity contribution is 9.09. The number of halogens is 1. The van der Waals surface area contributed by atoms with Gasteiger partial charge in [-0.2, -0.15) is 0 Å². The van der Waals surface area contributed by atoms with Gasteiger partial charge in [0.1, 0.15) is 0 Å². The van der Waals surface area contributed by atoms with Crippen LogP contribution in [-0.2, 0) is 0 Å². The average molecular weight is 296 g/mol. The summed E-state index contributed by atoms with van der Waals surface area (Å²) in [4.78, 5) is 4.71. The summed E-state index contributed by atoms with van der Waals surface area (Å²) in [5.74, 6) is 1.43. The van der Waals surface area contributed by atoms with Gasteiger partial charge in [0.15, 0.2) is 0 Å². The first kappa shape index (κ1) is 13.1. The first-order valence-corrected chi connectivity index (χ1v) is 7.74. The molecular formula is C15H22BrN. The molecule has 1 heterocycles. The van der Waals surface area contributed by atoms with Crippen LogP contribution in [0, 0.1) is 5.92 Å². The van der Waals surface area contributed by atoms with Crippen molar-refractivity contribution in [3.05, 3.63) is 30.1 Å². The van der Waals surface area contributed by atoms with Gasteiger partial charge in [-0.1, -0.05) is 48.5 Å². The third-order valence-electron chi connectivity index (χ3n) is 4.06. The Balaban J connectivity index is 2.00. The van der Waals surface area contributed by atoms with Crippen LogP contribution >= 0.6 is 15.9 Å². The molecule has 1 aromatic rings. The molecule has 2 unspecified atom stereocenters. The van der Waals surface area contributed by atoms with Crippen LogP contribution < -0.4 is 0 Å². The highest BCUT2D eigenvalue weighted by Crippen LogP contribution is 2.36. The van der Waals surface area contributed by atoms with Crippen LogP contribution in [0.15, 0.2) is 24.5 Å². The van der Waals surface area contributed by atoms with Gasteiger partial charge in [0, 0.05) is 17.2 Å². The highest BCUT2D eigenvalue weighted by Gasteiger charge is 2.25. The summed E-state index contributed by atoms with van der Waals surface area (Å²) in [5, 5.41) is 0. The minimum Gasteiger partial charge on any atom is -0.265 e. The van der Waals surface area contributed by atoms with Crippen molar-refractivity contribution in [2.24, 2.45) is 5.92 Å². The van der Waals surface area contributed by atoms with Crippen molar-refractivity contribution in [2.45, 2.75) is 56.2 Å². The quantitative estimate of drug-likeness (QED) is 0.570. The van der Waals surface area contributed by atoms with Gasteiger partial charge < -0.3 is 0 Å². The summed E-state index contributed by atoms with van der Waals surface area (Å²) in [7, 11) is 0. The van der Waals surface area contributed by atoms with E-state index in [1.807, 2.05) is 12.4 Å². The van der Waals surface area contributed by atoms with Crippen LogP contribution in [0.2, 0.25) is 0 Å². The van der Waals surface area contributed by atoms with E-state index in [1.165, 1.54) is 44.1 Å². The van der Waals surface area contributed by atoms with Crippen LogP contribution in [0.25, 0.3) is 0 Å². The van der Waals surface area contributed by atoms with E-state index in [4.69, 9.17) is 0 Å². The summed E-state index contributed by atoms with van der Waals surface area (Å²) in [6, 6.07) is 4.30. The number of hydrogen-bond acceptors (Lipinski definition) is 1. The van der Waals surface area contributed by atoms with E-state index in [0.717, 1.165) is 5.92 Å². The van der Waals surface area contributed by atoms with Crippen molar-refractivity contribution in [3.8, 4) is 0 Å². The second kappa shape index (κ2) is 6.53. The number of hydrogen-bond donors (Lipinski definition) is 0. The first-order chi connectivity index (χ1) is 8.29. The topological polar surface area (TPSA) is 12.9 Å². The fraction of sp³-hybridized carbons (Fsp3) is 0.667. The molecule has 2 atom stereocenters. The average Bonchev–Trinajstić information content (AvgIpc) is 2.67. The van der Waals surface area contributed by atoms with E-state index in [-0.39, 0.29) is 0 Å². The van der Waals surface area contributed by atoms with Crippen LogP contribution in [0.1, 0.15) is 56.9 Å². The standard InChI is InChI=1S/C15H22BrN/c1-12(13-8-10-17-11-9-13)15(16)14-6-4-2-3-5-7-14/h8-12,14-15H,2-7H2,1H3.